The monoisotopic (exact) mass is 353 g/mol. The van der Waals surface area contributed by atoms with Crippen molar-refractivity contribution in [2.24, 2.45) is 0 Å². The SMILES string of the molecule is O=C(/C=C/c1cccc([N+](=O)[O-])c1)C[C@@H]1O[C@H](CO)[C@@H](O)[C@H](O)[C@H]1O. The molecule has 0 unspecified atom stereocenters. The Morgan fingerprint density at radius 3 is 2.52 bits per heavy atom. The number of benzene rings is 1. The van der Waals surface area contributed by atoms with E-state index >= 15 is 0 Å². The quantitative estimate of drug-likeness (QED) is 0.301. The zero-order chi connectivity index (χ0) is 18.6. The Labute approximate surface area is 142 Å². The summed E-state index contributed by atoms with van der Waals surface area (Å²) in [4.78, 5) is 22.2. The third-order valence-corrected chi connectivity index (χ3v) is 3.94. The van der Waals surface area contributed by atoms with Gasteiger partial charge in [-0.1, -0.05) is 18.2 Å². The third kappa shape index (κ3) is 4.68. The number of rotatable bonds is 6. The molecule has 2 rings (SSSR count). The van der Waals surface area contributed by atoms with Crippen molar-refractivity contribution in [3.63, 3.8) is 0 Å². The molecule has 0 aliphatic carbocycles. The molecule has 9 nitrogen and oxygen atoms in total. The molecule has 1 heterocycles. The van der Waals surface area contributed by atoms with Gasteiger partial charge in [-0.3, -0.25) is 14.9 Å². The van der Waals surface area contributed by atoms with E-state index in [1.165, 1.54) is 30.4 Å². The van der Waals surface area contributed by atoms with Gasteiger partial charge in [0.25, 0.3) is 5.69 Å². The van der Waals surface area contributed by atoms with Crippen LogP contribution in [0.3, 0.4) is 0 Å². The van der Waals surface area contributed by atoms with E-state index in [4.69, 9.17) is 9.84 Å². The van der Waals surface area contributed by atoms with Gasteiger partial charge in [-0.25, -0.2) is 0 Å². The zero-order valence-corrected chi connectivity index (χ0v) is 13.1. The van der Waals surface area contributed by atoms with Crippen LogP contribution in [0.4, 0.5) is 5.69 Å². The van der Waals surface area contributed by atoms with Crippen LogP contribution in [-0.2, 0) is 9.53 Å². The normalized spacial score (nSPS) is 29.7. The molecule has 0 amide bonds. The number of non-ortho nitro benzene ring substituents is 1. The van der Waals surface area contributed by atoms with Crippen LogP contribution in [0, 0.1) is 10.1 Å². The van der Waals surface area contributed by atoms with E-state index in [2.05, 4.69) is 0 Å². The van der Waals surface area contributed by atoms with Crippen LogP contribution in [0.1, 0.15) is 12.0 Å². The van der Waals surface area contributed by atoms with Crippen molar-refractivity contribution in [3.8, 4) is 0 Å². The average Bonchev–Trinajstić information content (AvgIpc) is 2.60. The van der Waals surface area contributed by atoms with Crippen molar-refractivity contribution < 1.29 is 34.9 Å². The highest BCUT2D eigenvalue weighted by atomic mass is 16.6. The Hall–Kier alpha value is -2.17. The summed E-state index contributed by atoms with van der Waals surface area (Å²) in [5.74, 6) is -0.448. The van der Waals surface area contributed by atoms with E-state index < -0.39 is 47.8 Å². The minimum Gasteiger partial charge on any atom is -0.394 e. The van der Waals surface area contributed by atoms with E-state index in [1.54, 1.807) is 6.07 Å². The maximum atomic E-state index is 12.0. The summed E-state index contributed by atoms with van der Waals surface area (Å²) < 4.78 is 5.25. The van der Waals surface area contributed by atoms with Crippen molar-refractivity contribution in [1.29, 1.82) is 0 Å². The summed E-state index contributed by atoms with van der Waals surface area (Å²) in [6, 6.07) is 5.70. The number of aliphatic hydroxyl groups is 4. The summed E-state index contributed by atoms with van der Waals surface area (Å²) in [5, 5.41) is 49.1. The predicted octanol–water partition coefficient (Wildman–Crippen LogP) is -0.590. The molecule has 1 saturated heterocycles. The molecule has 1 fully saturated rings. The fraction of sp³-hybridized carbons (Fsp3) is 0.438. The maximum Gasteiger partial charge on any atom is 0.270 e. The molecule has 1 aliphatic rings. The molecule has 1 aromatic carbocycles. The van der Waals surface area contributed by atoms with E-state index in [0.29, 0.717) is 5.56 Å². The number of nitrogens with zero attached hydrogens (tertiary/aromatic N) is 1. The second kappa shape index (κ2) is 8.28. The fourth-order valence-corrected chi connectivity index (χ4v) is 2.54. The lowest BCUT2D eigenvalue weighted by atomic mass is 9.92. The molecule has 4 N–H and O–H groups in total. The second-order valence-corrected chi connectivity index (χ2v) is 5.72. The van der Waals surface area contributed by atoms with Gasteiger partial charge in [-0.15, -0.1) is 0 Å². The molecular formula is C16H19NO8. The Kier molecular flexibility index (Phi) is 6.34. The number of carbonyl (C=O) groups is 1. The lowest BCUT2D eigenvalue weighted by molar-refractivity contribution is -0.384. The molecule has 1 aromatic rings. The summed E-state index contributed by atoms with van der Waals surface area (Å²) in [5.41, 5.74) is 0.347. The molecule has 136 valence electrons. The van der Waals surface area contributed by atoms with Crippen LogP contribution in [0.2, 0.25) is 0 Å². The zero-order valence-electron chi connectivity index (χ0n) is 13.1. The lowest BCUT2D eigenvalue weighted by Crippen LogP contribution is -2.58. The van der Waals surface area contributed by atoms with Gasteiger partial charge in [0, 0.05) is 18.6 Å². The third-order valence-electron chi connectivity index (χ3n) is 3.94. The van der Waals surface area contributed by atoms with Crippen molar-refractivity contribution in [1.82, 2.24) is 0 Å². The molecule has 0 bridgehead atoms. The number of nitro groups is 1. The minimum absolute atomic E-state index is 0.108. The Bertz CT molecular complexity index is 659. The molecule has 5 atom stereocenters. The smallest absolute Gasteiger partial charge is 0.270 e. The Morgan fingerprint density at radius 2 is 1.88 bits per heavy atom. The van der Waals surface area contributed by atoms with Crippen molar-refractivity contribution in [2.75, 3.05) is 6.61 Å². The largest absolute Gasteiger partial charge is 0.394 e. The summed E-state index contributed by atoms with van der Waals surface area (Å²) in [7, 11) is 0. The van der Waals surface area contributed by atoms with Crippen molar-refractivity contribution in [2.45, 2.75) is 36.9 Å². The standard InChI is InChI=1S/C16H19NO8/c18-8-13-15(21)16(22)14(20)12(25-13)7-11(19)5-4-9-2-1-3-10(6-9)17(23)24/h1-6,12-16,18,20-22H,7-8H2/b5-4+/t12-,13+,14-,15+,16+/m0/s1. The number of ether oxygens (including phenoxy) is 1. The van der Waals surface area contributed by atoms with E-state index in [9.17, 15) is 30.2 Å². The van der Waals surface area contributed by atoms with Gasteiger partial charge in [0.15, 0.2) is 5.78 Å². The van der Waals surface area contributed by atoms with Crippen LogP contribution in [0.25, 0.3) is 6.08 Å². The van der Waals surface area contributed by atoms with Gasteiger partial charge < -0.3 is 25.2 Å². The minimum atomic E-state index is -1.54. The maximum absolute atomic E-state index is 12.0. The van der Waals surface area contributed by atoms with E-state index in [1.807, 2.05) is 0 Å². The fourth-order valence-electron chi connectivity index (χ4n) is 2.54. The summed E-state index contributed by atoms with van der Waals surface area (Å²) in [6.45, 7) is -0.570. The first-order chi connectivity index (χ1) is 11.8. The Balaban J connectivity index is 2.01. The van der Waals surface area contributed by atoms with Gasteiger partial charge in [-0.05, 0) is 11.6 Å². The first kappa shape index (κ1) is 19.2. The predicted molar refractivity (Wildman–Crippen MR) is 85.5 cm³/mol. The van der Waals surface area contributed by atoms with Gasteiger partial charge in [0.05, 0.1) is 17.6 Å². The molecule has 0 aromatic heterocycles. The van der Waals surface area contributed by atoms with Gasteiger partial charge >= 0.3 is 0 Å². The van der Waals surface area contributed by atoms with Crippen LogP contribution >= 0.6 is 0 Å². The molecule has 9 heteroatoms. The van der Waals surface area contributed by atoms with Crippen LogP contribution in [-0.4, -0.2) is 68.3 Å². The van der Waals surface area contributed by atoms with Crippen molar-refractivity contribution >= 4 is 17.5 Å². The number of carbonyl (C=O) groups excluding carboxylic acids is 1. The van der Waals surface area contributed by atoms with Gasteiger partial charge in [0.2, 0.25) is 0 Å². The van der Waals surface area contributed by atoms with E-state index in [0.717, 1.165) is 0 Å². The van der Waals surface area contributed by atoms with Crippen molar-refractivity contribution in [3.05, 3.63) is 46.0 Å². The van der Waals surface area contributed by atoms with Gasteiger partial charge in [-0.2, -0.15) is 0 Å². The number of allylic oxidation sites excluding steroid dienone is 1. The summed E-state index contributed by atoms with van der Waals surface area (Å²) >= 11 is 0. The number of hydrogen-bond donors (Lipinski definition) is 4. The highest BCUT2D eigenvalue weighted by Crippen LogP contribution is 2.23. The first-order valence-corrected chi connectivity index (χ1v) is 7.59. The molecule has 0 radical (unpaired) electrons. The molecule has 0 spiro atoms. The number of aliphatic hydroxyl groups excluding tert-OH is 4. The number of ketones is 1. The molecule has 1 aliphatic heterocycles. The van der Waals surface area contributed by atoms with Crippen LogP contribution < -0.4 is 0 Å². The van der Waals surface area contributed by atoms with E-state index in [-0.39, 0.29) is 12.1 Å². The number of nitro benzene ring substituents is 1. The van der Waals surface area contributed by atoms with Gasteiger partial charge in [0.1, 0.15) is 24.4 Å². The highest BCUT2D eigenvalue weighted by Gasteiger charge is 2.43. The molecular weight excluding hydrogens is 334 g/mol. The topological polar surface area (TPSA) is 150 Å². The van der Waals surface area contributed by atoms with Crippen LogP contribution in [0.15, 0.2) is 30.3 Å². The second-order valence-electron chi connectivity index (χ2n) is 5.72. The number of hydrogen-bond acceptors (Lipinski definition) is 8. The highest BCUT2D eigenvalue weighted by molar-refractivity contribution is 5.94. The van der Waals surface area contributed by atoms with Crippen LogP contribution in [0.5, 0.6) is 0 Å². The molecule has 0 saturated carbocycles. The first-order valence-electron chi connectivity index (χ1n) is 7.59. The molecule has 25 heavy (non-hydrogen) atoms. The summed E-state index contributed by atoms with van der Waals surface area (Å²) in [6.07, 6.45) is -4.37. The Morgan fingerprint density at radius 1 is 1.20 bits per heavy atom. The average molecular weight is 353 g/mol. The lowest BCUT2D eigenvalue weighted by Gasteiger charge is -2.39.